The van der Waals surface area contributed by atoms with Crippen molar-refractivity contribution in [1.29, 1.82) is 0 Å². The molecule has 4 nitrogen and oxygen atoms in total. The number of rotatable bonds is 3. The van der Waals surface area contributed by atoms with Crippen LogP contribution in [-0.4, -0.2) is 15.9 Å². The zero-order chi connectivity index (χ0) is 18.1. The fourth-order valence-corrected chi connectivity index (χ4v) is 3.25. The first-order valence-corrected chi connectivity index (χ1v) is 8.52. The fourth-order valence-electron chi connectivity index (χ4n) is 3.25. The molecule has 0 atom stereocenters. The van der Waals surface area contributed by atoms with Crippen molar-refractivity contribution in [2.24, 2.45) is 0 Å². The summed E-state index contributed by atoms with van der Waals surface area (Å²) in [6.45, 7) is 4.03. The van der Waals surface area contributed by atoms with E-state index in [2.05, 4.69) is 27.4 Å². The summed E-state index contributed by atoms with van der Waals surface area (Å²) in [5.41, 5.74) is 5.86. The molecule has 4 rings (SSSR count). The van der Waals surface area contributed by atoms with E-state index in [9.17, 15) is 4.79 Å². The number of hydrogen-bond donors (Lipinski definition) is 2. The minimum Gasteiger partial charge on any atom is -0.353 e. The summed E-state index contributed by atoms with van der Waals surface area (Å²) in [7, 11) is 0. The Balaban J connectivity index is 1.57. The number of nitrogens with one attached hydrogen (secondary N) is 2. The number of H-pyrrole nitrogens is 1. The monoisotopic (exact) mass is 341 g/mol. The van der Waals surface area contributed by atoms with Crippen LogP contribution < -0.4 is 5.32 Å². The number of benzene rings is 2. The predicted octanol–water partition coefficient (Wildman–Crippen LogP) is 4.98. The van der Waals surface area contributed by atoms with E-state index in [1.165, 1.54) is 6.08 Å². The molecule has 0 fully saturated rings. The van der Waals surface area contributed by atoms with Crippen molar-refractivity contribution in [2.75, 3.05) is 5.32 Å². The SMILES string of the molecule is Cc1cc(C)cc(NC(=O)/C=C/c2cc3c(cn2)[nH]c2ccccc23)c1. The van der Waals surface area contributed by atoms with Crippen LogP contribution in [0, 0.1) is 13.8 Å². The van der Waals surface area contributed by atoms with Gasteiger partial charge >= 0.3 is 0 Å². The van der Waals surface area contributed by atoms with Gasteiger partial charge in [-0.25, -0.2) is 0 Å². The van der Waals surface area contributed by atoms with Gasteiger partial charge in [0.15, 0.2) is 0 Å². The Kier molecular flexibility index (Phi) is 4.01. The number of amides is 1. The third-order valence-corrected chi connectivity index (χ3v) is 4.31. The van der Waals surface area contributed by atoms with Crippen molar-refractivity contribution in [3.8, 4) is 0 Å². The molecule has 0 radical (unpaired) electrons. The van der Waals surface area contributed by atoms with Crippen LogP contribution in [0.2, 0.25) is 0 Å². The Hall–Kier alpha value is -3.40. The van der Waals surface area contributed by atoms with Gasteiger partial charge in [-0.05, 0) is 55.3 Å². The van der Waals surface area contributed by atoms with Gasteiger partial charge in [0.05, 0.1) is 17.4 Å². The van der Waals surface area contributed by atoms with Crippen molar-refractivity contribution < 1.29 is 4.79 Å². The molecular weight excluding hydrogens is 322 g/mol. The summed E-state index contributed by atoms with van der Waals surface area (Å²) >= 11 is 0. The van der Waals surface area contributed by atoms with E-state index < -0.39 is 0 Å². The van der Waals surface area contributed by atoms with Gasteiger partial charge in [0.1, 0.15) is 0 Å². The first kappa shape index (κ1) is 16.1. The van der Waals surface area contributed by atoms with Crippen molar-refractivity contribution in [3.63, 3.8) is 0 Å². The second-order valence-corrected chi connectivity index (χ2v) is 6.52. The van der Waals surface area contributed by atoms with Crippen molar-refractivity contribution >= 4 is 39.5 Å². The summed E-state index contributed by atoms with van der Waals surface area (Å²) in [6.07, 6.45) is 5.05. The zero-order valence-electron chi connectivity index (χ0n) is 14.7. The molecule has 4 heteroatoms. The second-order valence-electron chi connectivity index (χ2n) is 6.52. The highest BCUT2D eigenvalue weighted by Crippen LogP contribution is 2.25. The number of aryl methyl sites for hydroxylation is 2. The largest absolute Gasteiger partial charge is 0.353 e. The highest BCUT2D eigenvalue weighted by molar-refractivity contribution is 6.07. The van der Waals surface area contributed by atoms with E-state index in [4.69, 9.17) is 0 Å². The lowest BCUT2D eigenvalue weighted by atomic mass is 10.1. The molecule has 0 spiro atoms. The average Bonchev–Trinajstić information content (AvgIpc) is 2.97. The number of para-hydroxylation sites is 1. The van der Waals surface area contributed by atoms with Crippen LogP contribution in [0.1, 0.15) is 16.8 Å². The van der Waals surface area contributed by atoms with Gasteiger partial charge in [-0.3, -0.25) is 9.78 Å². The Morgan fingerprint density at radius 1 is 1.00 bits per heavy atom. The molecule has 128 valence electrons. The third-order valence-electron chi connectivity index (χ3n) is 4.31. The molecule has 26 heavy (non-hydrogen) atoms. The normalized spacial score (nSPS) is 11.5. The molecule has 2 N–H and O–H groups in total. The molecule has 2 aromatic heterocycles. The summed E-state index contributed by atoms with van der Waals surface area (Å²) < 4.78 is 0. The van der Waals surface area contributed by atoms with Crippen molar-refractivity contribution in [1.82, 2.24) is 9.97 Å². The molecule has 0 saturated heterocycles. The molecule has 2 aromatic carbocycles. The van der Waals surface area contributed by atoms with E-state index in [-0.39, 0.29) is 5.91 Å². The van der Waals surface area contributed by atoms with Crippen LogP contribution in [0.4, 0.5) is 5.69 Å². The maximum atomic E-state index is 12.2. The van der Waals surface area contributed by atoms with E-state index >= 15 is 0 Å². The molecule has 0 unspecified atom stereocenters. The maximum Gasteiger partial charge on any atom is 0.248 e. The first-order chi connectivity index (χ1) is 12.6. The Morgan fingerprint density at radius 3 is 2.58 bits per heavy atom. The summed E-state index contributed by atoms with van der Waals surface area (Å²) in [5, 5.41) is 5.15. The highest BCUT2D eigenvalue weighted by atomic mass is 16.1. The van der Waals surface area contributed by atoms with E-state index in [1.54, 1.807) is 12.3 Å². The third kappa shape index (κ3) is 3.22. The number of pyridine rings is 1. The lowest BCUT2D eigenvalue weighted by molar-refractivity contribution is -0.111. The number of carbonyl (C=O) groups excluding carboxylic acids is 1. The van der Waals surface area contributed by atoms with Gasteiger partial charge in [0.25, 0.3) is 0 Å². The number of aromatic nitrogens is 2. The minimum absolute atomic E-state index is 0.171. The minimum atomic E-state index is -0.171. The van der Waals surface area contributed by atoms with Crippen LogP contribution >= 0.6 is 0 Å². The Bertz CT molecular complexity index is 1130. The number of anilines is 1. The molecule has 0 bridgehead atoms. The molecule has 0 aliphatic heterocycles. The lowest BCUT2D eigenvalue weighted by Gasteiger charge is -2.05. The Morgan fingerprint density at radius 2 is 1.77 bits per heavy atom. The van der Waals surface area contributed by atoms with Crippen LogP contribution in [-0.2, 0) is 4.79 Å². The number of fused-ring (bicyclic) bond motifs is 3. The smallest absolute Gasteiger partial charge is 0.248 e. The van der Waals surface area contributed by atoms with E-state index in [0.717, 1.165) is 44.3 Å². The zero-order valence-corrected chi connectivity index (χ0v) is 14.7. The van der Waals surface area contributed by atoms with Gasteiger partial charge in [-0.1, -0.05) is 24.3 Å². The van der Waals surface area contributed by atoms with Gasteiger partial charge in [0, 0.05) is 28.1 Å². The molecule has 1 amide bonds. The topological polar surface area (TPSA) is 57.8 Å². The Labute approximate surface area is 151 Å². The number of hydrogen-bond acceptors (Lipinski definition) is 2. The first-order valence-electron chi connectivity index (χ1n) is 8.52. The predicted molar refractivity (Wildman–Crippen MR) is 107 cm³/mol. The lowest BCUT2D eigenvalue weighted by Crippen LogP contribution is -2.08. The molecule has 4 aromatic rings. The quantitative estimate of drug-likeness (QED) is 0.516. The van der Waals surface area contributed by atoms with Crippen LogP contribution in [0.25, 0.3) is 27.9 Å². The number of carbonyl (C=O) groups is 1. The fraction of sp³-hybridized carbons (Fsp3) is 0.0909. The van der Waals surface area contributed by atoms with Crippen molar-refractivity contribution in [3.05, 3.63) is 77.6 Å². The van der Waals surface area contributed by atoms with Gasteiger partial charge in [-0.15, -0.1) is 0 Å². The standard InChI is InChI=1S/C22H19N3O/c1-14-9-15(2)11-17(10-14)24-22(26)8-7-16-12-19-18-5-3-4-6-20(18)25-21(19)13-23-16/h3-13,25H,1-2H3,(H,24,26)/b8-7+. The number of aromatic amines is 1. The molecule has 2 heterocycles. The van der Waals surface area contributed by atoms with Gasteiger partial charge in [-0.2, -0.15) is 0 Å². The van der Waals surface area contributed by atoms with E-state index in [0.29, 0.717) is 0 Å². The van der Waals surface area contributed by atoms with Gasteiger partial charge in [0.2, 0.25) is 5.91 Å². The summed E-state index contributed by atoms with van der Waals surface area (Å²) in [4.78, 5) is 20.0. The van der Waals surface area contributed by atoms with E-state index in [1.807, 2.05) is 50.2 Å². The highest BCUT2D eigenvalue weighted by Gasteiger charge is 2.05. The van der Waals surface area contributed by atoms with Crippen LogP contribution in [0.5, 0.6) is 0 Å². The van der Waals surface area contributed by atoms with Crippen LogP contribution in [0.15, 0.2) is 60.8 Å². The van der Waals surface area contributed by atoms with Gasteiger partial charge < -0.3 is 10.3 Å². The summed E-state index contributed by atoms with van der Waals surface area (Å²) in [5.74, 6) is -0.171. The molecule has 0 saturated carbocycles. The molecule has 0 aliphatic carbocycles. The molecular formula is C22H19N3O. The maximum absolute atomic E-state index is 12.2. The molecule has 0 aliphatic rings. The second kappa shape index (κ2) is 6.48. The number of nitrogens with zero attached hydrogens (tertiary/aromatic N) is 1. The summed E-state index contributed by atoms with van der Waals surface area (Å²) in [6, 6.07) is 16.1. The van der Waals surface area contributed by atoms with Crippen LogP contribution in [0.3, 0.4) is 0 Å². The average molecular weight is 341 g/mol. The van der Waals surface area contributed by atoms with Crippen molar-refractivity contribution in [2.45, 2.75) is 13.8 Å².